The fraction of sp³-hybridized carbons (Fsp3) is 0. The molecule has 0 aliphatic carbocycles. The van der Waals surface area contributed by atoms with Gasteiger partial charge in [-0.3, -0.25) is 0 Å². The Morgan fingerprint density at radius 3 is 2.09 bits per heavy atom. The second-order valence-corrected chi connectivity index (χ2v) is 1.40. The van der Waals surface area contributed by atoms with Gasteiger partial charge in [0.25, 0.3) is 0 Å². The van der Waals surface area contributed by atoms with Crippen molar-refractivity contribution < 1.29 is 53.4 Å². The Kier molecular flexibility index (Phi) is 13.8. The monoisotopic (exact) mass is 301 g/mol. The van der Waals surface area contributed by atoms with Gasteiger partial charge >= 0.3 is 53.4 Å². The molecule has 0 saturated heterocycles. The van der Waals surface area contributed by atoms with Crippen molar-refractivity contribution in [2.75, 3.05) is 0 Å². The van der Waals surface area contributed by atoms with Gasteiger partial charge in [0.15, 0.2) is 0 Å². The summed E-state index contributed by atoms with van der Waals surface area (Å²) in [5, 5.41) is 8.27. The first-order valence-electron chi connectivity index (χ1n) is 2.58. The van der Waals surface area contributed by atoms with Crippen molar-refractivity contribution in [3.05, 3.63) is 35.9 Å². The molecule has 0 saturated carbocycles. The average molecular weight is 302 g/mol. The fourth-order valence-corrected chi connectivity index (χ4v) is 0.461. The Balaban J connectivity index is 0. The van der Waals surface area contributed by atoms with Crippen molar-refractivity contribution in [3.8, 4) is 6.07 Å². The number of nitrogens with zero attached hydrogens (tertiary/aromatic N) is 1. The first-order chi connectivity index (χ1) is 4.93. The average Bonchev–Trinajstić information content (AvgIpc) is 2.10. The van der Waals surface area contributed by atoms with Crippen LogP contribution in [0.3, 0.4) is 0 Å². The van der Waals surface area contributed by atoms with Gasteiger partial charge in [-0.15, -0.1) is 0 Å². The van der Waals surface area contributed by atoms with Gasteiger partial charge in [-0.25, -0.2) is 0 Å². The molecule has 46 valence electrons. The summed E-state index contributed by atoms with van der Waals surface area (Å²) >= 11 is 3.46. The summed E-state index contributed by atoms with van der Waals surface area (Å²) in [5.74, 6) is 0. The Morgan fingerprint density at radius 1 is 1.36 bits per heavy atom. The van der Waals surface area contributed by atoms with Crippen LogP contribution in [0, 0.1) is 17.4 Å². The molecule has 0 unspecified atom stereocenters. The topological polar surface area (TPSA) is 23.8 Å². The normalized spacial score (nSPS) is 6.36. The van der Waals surface area contributed by atoms with Crippen molar-refractivity contribution in [3.63, 3.8) is 0 Å². The molecule has 0 aliphatic rings. The predicted octanol–water partition coefficient (Wildman–Crippen LogP) is -4.90. The van der Waals surface area contributed by atoms with Crippen LogP contribution in [0.2, 0.25) is 0 Å². The molecule has 0 bridgehead atoms. The number of benzene rings is 1. The summed E-state index contributed by atoms with van der Waals surface area (Å²) in [6, 6.07) is 11.7. The van der Waals surface area contributed by atoms with Crippen LogP contribution in [0.4, 0.5) is 0 Å². The molecule has 0 amide bonds. The van der Waals surface area contributed by atoms with E-state index in [1.165, 1.54) is 14.8 Å². The molecule has 0 heterocycles. The minimum atomic E-state index is 0. The molecule has 1 aromatic carbocycles. The van der Waals surface area contributed by atoms with Crippen molar-refractivity contribution >= 4 is 0 Å². The summed E-state index contributed by atoms with van der Waals surface area (Å²) in [6.07, 6.45) is 0. The Bertz CT molecular complexity index is 209. The Morgan fingerprint density at radius 2 is 1.82 bits per heavy atom. The zero-order valence-electron chi connectivity index (χ0n) is 6.37. The van der Waals surface area contributed by atoms with Crippen LogP contribution in [0.1, 0.15) is 5.56 Å². The van der Waals surface area contributed by atoms with Gasteiger partial charge in [0.1, 0.15) is 0 Å². The molecule has 0 fully saturated rings. The first-order valence-corrected chi connectivity index (χ1v) is 12.4. The fourth-order valence-electron chi connectivity index (χ4n) is 0.461. The number of hydrogen-bond donors (Lipinski definition) is 0. The molecule has 4 heteroatoms. The van der Waals surface area contributed by atoms with Gasteiger partial charge in [0, 0.05) is 0 Å². The van der Waals surface area contributed by atoms with E-state index in [4.69, 9.17) is 5.26 Å². The van der Waals surface area contributed by atoms with E-state index in [1.54, 1.807) is 24.3 Å². The second-order valence-electron chi connectivity index (χ2n) is 1.40. The molecule has 0 aromatic heterocycles. The zero-order chi connectivity index (χ0) is 7.82. The quantitative estimate of drug-likeness (QED) is 0.268. The molecule has 1 nitrogen and oxygen atoms in total. The second kappa shape index (κ2) is 10.7. The third-order valence-electron chi connectivity index (χ3n) is 0.847. The van der Waals surface area contributed by atoms with Crippen LogP contribution in [0.5, 0.6) is 0 Å². The van der Waals surface area contributed by atoms with Crippen molar-refractivity contribution in [1.82, 2.24) is 0 Å². The maximum atomic E-state index is 8.27. The van der Waals surface area contributed by atoms with Crippen LogP contribution in [-0.2, 0) is 14.8 Å². The van der Waals surface area contributed by atoms with Crippen LogP contribution < -0.4 is 38.6 Å². The molecule has 0 N–H and O–H groups in total. The molecule has 0 atom stereocenters. The maximum absolute atomic E-state index is 8.27. The van der Waals surface area contributed by atoms with E-state index in [1.807, 2.05) is 6.07 Å². The summed E-state index contributed by atoms with van der Waals surface area (Å²) in [4.78, 5) is 0. The molecule has 11 heavy (non-hydrogen) atoms. The van der Waals surface area contributed by atoms with Gasteiger partial charge < -0.3 is 0 Å². The summed E-state index contributed by atoms with van der Waals surface area (Å²) < 4.78 is 0. The number of halogens is 1. The van der Waals surface area contributed by atoms with Gasteiger partial charge in [0.05, 0.1) is 6.07 Å². The van der Waals surface area contributed by atoms with Crippen molar-refractivity contribution in [2.45, 2.75) is 0 Å². The van der Waals surface area contributed by atoms with Gasteiger partial charge in [0.2, 0.25) is 0 Å². The van der Waals surface area contributed by atoms with E-state index in [-0.39, 0.29) is 18.9 Å². The number of hydrogen-bond acceptors (Lipinski definition) is 1. The standard InChI is InChI=1S/C7H4N.HI.Li.Zn/c8-6-7-4-2-1-3-5-7;;;/h2-5H;1H;;/q-1;;+1;+2. The Hall–Kier alpha value is 0.661. The van der Waals surface area contributed by atoms with E-state index in [2.05, 4.69) is 25.8 Å². The molecule has 0 aliphatic heterocycles. The van der Waals surface area contributed by atoms with Crippen molar-refractivity contribution in [2.24, 2.45) is 0 Å². The zero-order valence-corrected chi connectivity index (χ0v) is 11.7. The molecule has 1 rings (SSSR count). The van der Waals surface area contributed by atoms with Crippen LogP contribution in [-0.4, -0.2) is 0 Å². The SMILES string of the molecule is N#Cc1cc[c-]cc1.[Li+].[Zn+][IH+]. The van der Waals surface area contributed by atoms with E-state index in [9.17, 15) is 0 Å². The molecule has 0 radical (unpaired) electrons. The Labute approximate surface area is 99.6 Å². The van der Waals surface area contributed by atoms with Gasteiger partial charge in [-0.2, -0.15) is 35.6 Å². The van der Waals surface area contributed by atoms with Crippen LogP contribution in [0.15, 0.2) is 24.3 Å². The van der Waals surface area contributed by atoms with Crippen LogP contribution >= 0.6 is 0 Å². The summed E-state index contributed by atoms with van der Waals surface area (Å²) in [5.41, 5.74) is 0.684. The minimum absolute atomic E-state index is 0. The number of rotatable bonds is 0. The first kappa shape index (κ1) is 14.2. The third kappa shape index (κ3) is 7.04. The summed E-state index contributed by atoms with van der Waals surface area (Å²) in [7, 11) is 0. The van der Waals surface area contributed by atoms with Gasteiger partial charge in [-0.1, -0.05) is 5.56 Å². The predicted molar refractivity (Wildman–Crippen MR) is 31.4 cm³/mol. The van der Waals surface area contributed by atoms with E-state index in [0.717, 1.165) is 0 Å². The van der Waals surface area contributed by atoms with E-state index in [0.29, 0.717) is 5.56 Å². The molecular weight excluding hydrogens is 297 g/mol. The van der Waals surface area contributed by atoms with E-state index < -0.39 is 0 Å². The van der Waals surface area contributed by atoms with Crippen LogP contribution in [0.25, 0.3) is 0 Å². The van der Waals surface area contributed by atoms with Gasteiger partial charge in [-0.05, 0) is 0 Å². The number of nitriles is 1. The summed E-state index contributed by atoms with van der Waals surface area (Å²) in [6.45, 7) is 0. The molecule has 1 aromatic rings. The third-order valence-corrected chi connectivity index (χ3v) is 0.847. The van der Waals surface area contributed by atoms with E-state index >= 15 is 0 Å². The van der Waals surface area contributed by atoms with Crippen molar-refractivity contribution in [1.29, 1.82) is 5.26 Å². The molecular formula is C7H5ILiNZn+2. The molecule has 0 spiro atoms.